The Morgan fingerprint density at radius 3 is 2.38 bits per heavy atom. The molecule has 2 aliphatic heterocycles. The van der Waals surface area contributed by atoms with Gasteiger partial charge in [0, 0.05) is 49.6 Å². The van der Waals surface area contributed by atoms with E-state index in [9.17, 15) is 19.3 Å². The van der Waals surface area contributed by atoms with E-state index in [4.69, 9.17) is 0 Å². The van der Waals surface area contributed by atoms with Gasteiger partial charge in [-0.15, -0.1) is 0 Å². The molecule has 0 spiro atoms. The van der Waals surface area contributed by atoms with Gasteiger partial charge in [0.05, 0.1) is 23.0 Å². The fourth-order valence-corrected chi connectivity index (χ4v) is 4.32. The third kappa shape index (κ3) is 4.25. The summed E-state index contributed by atoms with van der Waals surface area (Å²) < 4.78 is 13.6. The second-order valence-corrected chi connectivity index (χ2v) is 8.21. The van der Waals surface area contributed by atoms with Gasteiger partial charge in [0.25, 0.3) is 11.6 Å². The number of carbonyl (C=O) groups excluding carboxylic acids is 1. The summed E-state index contributed by atoms with van der Waals surface area (Å²) in [5.41, 5.74) is 3.26. The minimum atomic E-state index is -0.404. The van der Waals surface area contributed by atoms with E-state index in [1.54, 1.807) is 29.2 Å². The number of carbonyl (C=O) groups is 1. The largest absolute Gasteiger partial charge is 0.369 e. The topological polar surface area (TPSA) is 82.3 Å². The summed E-state index contributed by atoms with van der Waals surface area (Å²) >= 11 is 0. The molecule has 0 aliphatic carbocycles. The van der Waals surface area contributed by atoms with E-state index in [2.05, 4.69) is 14.8 Å². The lowest BCUT2D eigenvalue weighted by molar-refractivity contribution is -0.384. The molecule has 172 valence electrons. The van der Waals surface area contributed by atoms with Gasteiger partial charge in [-0.3, -0.25) is 24.7 Å². The molecule has 34 heavy (non-hydrogen) atoms. The Kier molecular flexibility index (Phi) is 5.77. The zero-order chi connectivity index (χ0) is 23.7. The summed E-state index contributed by atoms with van der Waals surface area (Å²) in [6.45, 7) is 3.38. The summed E-state index contributed by atoms with van der Waals surface area (Å²) in [4.78, 5) is 34.3. The van der Waals surface area contributed by atoms with Crippen molar-refractivity contribution in [3.63, 3.8) is 0 Å². The van der Waals surface area contributed by atoms with Crippen LogP contribution < -0.4 is 9.80 Å². The van der Waals surface area contributed by atoms with E-state index in [1.807, 2.05) is 24.3 Å². The highest BCUT2D eigenvalue weighted by molar-refractivity contribution is 6.54. The van der Waals surface area contributed by atoms with Crippen LogP contribution in [0.4, 0.5) is 27.1 Å². The molecule has 0 atom stereocenters. The predicted octanol–water partition coefficient (Wildman–Crippen LogP) is 3.98. The zero-order valence-corrected chi connectivity index (χ0v) is 18.3. The first-order chi connectivity index (χ1) is 16.5. The number of anilines is 2. The van der Waals surface area contributed by atoms with Gasteiger partial charge < -0.3 is 4.90 Å². The monoisotopic (exact) mass is 459 g/mol. The fourth-order valence-electron chi connectivity index (χ4n) is 4.32. The molecule has 0 aromatic heterocycles. The van der Waals surface area contributed by atoms with Crippen molar-refractivity contribution in [3.8, 4) is 0 Å². The molecule has 1 amide bonds. The second kappa shape index (κ2) is 9.03. The fraction of sp³-hybridized carbons (Fsp3) is 0.200. The minimum Gasteiger partial charge on any atom is -0.369 e. The van der Waals surface area contributed by atoms with Crippen molar-refractivity contribution in [2.24, 2.45) is 4.99 Å². The Hall–Kier alpha value is -4.11. The summed E-state index contributed by atoms with van der Waals surface area (Å²) in [5, 5.41) is 10.9. The van der Waals surface area contributed by atoms with Crippen molar-refractivity contribution >= 4 is 34.4 Å². The number of rotatable bonds is 5. The van der Waals surface area contributed by atoms with Gasteiger partial charge in [0.2, 0.25) is 0 Å². The van der Waals surface area contributed by atoms with E-state index < -0.39 is 10.7 Å². The van der Waals surface area contributed by atoms with Gasteiger partial charge in [-0.25, -0.2) is 9.38 Å². The lowest BCUT2D eigenvalue weighted by atomic mass is 10.1. The second-order valence-electron chi connectivity index (χ2n) is 8.21. The summed E-state index contributed by atoms with van der Waals surface area (Å²) in [6, 6.07) is 20.0. The Labute approximate surface area is 195 Å². The maximum Gasteiger partial charge on any atom is 0.278 e. The number of fused-ring (bicyclic) bond motifs is 1. The first-order valence-corrected chi connectivity index (χ1v) is 11.0. The number of nitro groups is 1. The minimum absolute atomic E-state index is 0.0734. The number of nitrogens with zero attached hydrogens (tertiary/aromatic N) is 5. The maximum atomic E-state index is 13.6. The van der Waals surface area contributed by atoms with Gasteiger partial charge in [-0.05, 0) is 36.4 Å². The molecule has 0 N–H and O–H groups in total. The third-order valence-corrected chi connectivity index (χ3v) is 6.09. The highest BCUT2D eigenvalue weighted by Gasteiger charge is 2.35. The maximum absolute atomic E-state index is 13.6. The summed E-state index contributed by atoms with van der Waals surface area (Å²) in [7, 11) is 0. The number of benzene rings is 3. The average molecular weight is 459 g/mol. The first-order valence-electron chi connectivity index (χ1n) is 11.0. The quantitative estimate of drug-likeness (QED) is 0.426. The van der Waals surface area contributed by atoms with Gasteiger partial charge in [-0.1, -0.05) is 24.3 Å². The van der Waals surface area contributed by atoms with Crippen LogP contribution in [0, 0.1) is 15.9 Å². The molecule has 0 radical (unpaired) electrons. The first kappa shape index (κ1) is 21.7. The molecule has 9 heteroatoms. The van der Waals surface area contributed by atoms with Gasteiger partial charge >= 0.3 is 0 Å². The molecule has 0 unspecified atom stereocenters. The van der Waals surface area contributed by atoms with Crippen LogP contribution in [0.3, 0.4) is 0 Å². The molecule has 8 nitrogen and oxygen atoms in total. The highest BCUT2D eigenvalue weighted by Crippen LogP contribution is 2.31. The van der Waals surface area contributed by atoms with Crippen LogP contribution in [0.1, 0.15) is 5.56 Å². The average Bonchev–Trinajstić information content (AvgIpc) is 3.11. The molecular formula is C25H22FN5O3. The van der Waals surface area contributed by atoms with Crippen LogP contribution in [0.5, 0.6) is 0 Å². The molecule has 0 saturated carbocycles. The summed E-state index contributed by atoms with van der Waals surface area (Å²) in [6.07, 6.45) is 0. The highest BCUT2D eigenvalue weighted by atomic mass is 19.1. The number of nitro benzene ring substituents is 1. The molecule has 3 aromatic rings. The smallest absolute Gasteiger partial charge is 0.278 e. The van der Waals surface area contributed by atoms with E-state index >= 15 is 0 Å². The predicted molar refractivity (Wildman–Crippen MR) is 128 cm³/mol. The Balaban J connectivity index is 1.29. The van der Waals surface area contributed by atoms with E-state index in [1.165, 1.54) is 24.3 Å². The van der Waals surface area contributed by atoms with Crippen molar-refractivity contribution in [3.05, 3.63) is 94.3 Å². The van der Waals surface area contributed by atoms with Crippen molar-refractivity contribution in [2.45, 2.75) is 0 Å². The molecule has 5 rings (SSSR count). The van der Waals surface area contributed by atoms with Crippen LogP contribution in [0.15, 0.2) is 77.8 Å². The van der Waals surface area contributed by atoms with Crippen molar-refractivity contribution in [2.75, 3.05) is 42.6 Å². The molecular weight excluding hydrogens is 437 g/mol. The van der Waals surface area contributed by atoms with Crippen molar-refractivity contribution in [1.29, 1.82) is 0 Å². The van der Waals surface area contributed by atoms with Crippen LogP contribution in [0.2, 0.25) is 0 Å². The van der Waals surface area contributed by atoms with Gasteiger partial charge in [0.15, 0.2) is 0 Å². The molecule has 3 aromatic carbocycles. The van der Waals surface area contributed by atoms with Crippen LogP contribution in [-0.2, 0) is 4.79 Å². The van der Waals surface area contributed by atoms with Crippen LogP contribution >= 0.6 is 0 Å². The molecule has 1 saturated heterocycles. The molecule has 2 heterocycles. The molecule has 2 aliphatic rings. The molecule has 1 fully saturated rings. The number of amides is 1. The van der Waals surface area contributed by atoms with E-state index in [0.717, 1.165) is 43.1 Å². The van der Waals surface area contributed by atoms with Crippen LogP contribution in [0.25, 0.3) is 0 Å². The van der Waals surface area contributed by atoms with E-state index in [-0.39, 0.29) is 11.6 Å². The number of piperazine rings is 1. The van der Waals surface area contributed by atoms with Crippen LogP contribution in [-0.4, -0.2) is 54.3 Å². The van der Waals surface area contributed by atoms with Gasteiger partial charge in [-0.2, -0.15) is 0 Å². The number of hydrogen-bond acceptors (Lipinski definition) is 6. The number of non-ortho nitro benzene ring substituents is 1. The van der Waals surface area contributed by atoms with Gasteiger partial charge in [0.1, 0.15) is 11.5 Å². The summed E-state index contributed by atoms with van der Waals surface area (Å²) in [5.74, 6) is -0.605. The molecule has 0 bridgehead atoms. The lowest BCUT2D eigenvalue weighted by Crippen LogP contribution is -2.51. The lowest BCUT2D eigenvalue weighted by Gasteiger charge is -2.37. The van der Waals surface area contributed by atoms with Crippen molar-refractivity contribution in [1.82, 2.24) is 4.90 Å². The van der Waals surface area contributed by atoms with E-state index in [0.29, 0.717) is 18.1 Å². The SMILES string of the molecule is O=C1C(=Nc2cccc(F)c2)c2ccccc2N1CN1CCN(c2ccc([N+](=O)[O-])cc2)CC1. The normalized spacial score (nSPS) is 17.3. The Morgan fingerprint density at radius 2 is 1.68 bits per heavy atom. The number of halogens is 1. The third-order valence-electron chi connectivity index (χ3n) is 6.09. The number of aliphatic imine (C=N–C) groups is 1. The number of hydrogen-bond donors (Lipinski definition) is 0. The van der Waals surface area contributed by atoms with Crippen molar-refractivity contribution < 1.29 is 14.1 Å². The number of para-hydroxylation sites is 1. The zero-order valence-electron chi connectivity index (χ0n) is 18.3. The standard InChI is InChI=1S/C25H22FN5O3/c26-18-4-3-5-19(16-18)27-24-22-6-1-2-7-23(22)30(25(24)32)17-28-12-14-29(15-13-28)20-8-10-21(11-9-20)31(33)34/h1-11,16H,12-15,17H2. The Bertz CT molecular complexity index is 1270. The Morgan fingerprint density at radius 1 is 0.941 bits per heavy atom.